The fourth-order valence-electron chi connectivity index (χ4n) is 3.83. The largest absolute Gasteiger partial charge is 0.312 e. The Kier molecular flexibility index (Phi) is 3.94. The van der Waals surface area contributed by atoms with Gasteiger partial charge in [0.25, 0.3) is 5.69 Å². The normalized spacial score (nSPS) is 27.9. The lowest BCUT2D eigenvalue weighted by Crippen LogP contribution is -2.26. The van der Waals surface area contributed by atoms with Gasteiger partial charge in [-0.15, -0.1) is 0 Å². The molecule has 2 aliphatic rings. The predicted octanol–water partition coefficient (Wildman–Crippen LogP) is 3.77. The average Bonchev–Trinajstić information content (AvgIpc) is 3.03. The zero-order valence-electron chi connectivity index (χ0n) is 11.3. The van der Waals surface area contributed by atoms with Crippen molar-refractivity contribution in [3.63, 3.8) is 0 Å². The monoisotopic (exact) mass is 294 g/mol. The van der Waals surface area contributed by atoms with Crippen LogP contribution in [0.3, 0.4) is 0 Å². The minimum Gasteiger partial charge on any atom is -0.312 e. The van der Waals surface area contributed by atoms with Crippen LogP contribution in [-0.2, 0) is 6.54 Å². The van der Waals surface area contributed by atoms with Crippen LogP contribution in [0.2, 0.25) is 5.02 Å². The van der Waals surface area contributed by atoms with Gasteiger partial charge in [0.1, 0.15) is 0 Å². The van der Waals surface area contributed by atoms with E-state index in [-0.39, 0.29) is 10.6 Å². The second kappa shape index (κ2) is 5.70. The predicted molar refractivity (Wildman–Crippen MR) is 78.8 cm³/mol. The Hall–Kier alpha value is -1.13. The highest BCUT2D eigenvalue weighted by molar-refractivity contribution is 6.31. The van der Waals surface area contributed by atoms with E-state index >= 15 is 0 Å². The molecule has 0 amide bonds. The summed E-state index contributed by atoms with van der Waals surface area (Å²) in [5.41, 5.74) is 0.912. The number of nitro groups is 1. The fraction of sp³-hybridized carbons (Fsp3) is 0.600. The smallest absolute Gasteiger partial charge is 0.269 e. The van der Waals surface area contributed by atoms with Crippen molar-refractivity contribution in [1.29, 1.82) is 0 Å². The van der Waals surface area contributed by atoms with E-state index < -0.39 is 0 Å². The van der Waals surface area contributed by atoms with E-state index in [1.54, 1.807) is 12.1 Å². The summed E-state index contributed by atoms with van der Waals surface area (Å²) in [5, 5.41) is 14.8. The second-order valence-corrected chi connectivity index (χ2v) is 6.51. The Morgan fingerprint density at radius 3 is 2.85 bits per heavy atom. The number of nitro benzene ring substituents is 1. The van der Waals surface area contributed by atoms with E-state index in [9.17, 15) is 10.1 Å². The van der Waals surface area contributed by atoms with Crippen LogP contribution in [-0.4, -0.2) is 11.5 Å². The van der Waals surface area contributed by atoms with Crippen LogP contribution in [0.25, 0.3) is 0 Å². The van der Waals surface area contributed by atoms with Gasteiger partial charge in [0.2, 0.25) is 0 Å². The van der Waals surface area contributed by atoms with Crippen molar-refractivity contribution in [2.24, 2.45) is 17.8 Å². The Labute approximate surface area is 123 Å². The van der Waals surface area contributed by atoms with E-state index in [1.807, 2.05) is 0 Å². The second-order valence-electron chi connectivity index (χ2n) is 6.10. The highest BCUT2D eigenvalue weighted by Crippen LogP contribution is 2.47. The highest BCUT2D eigenvalue weighted by Gasteiger charge is 2.38. The van der Waals surface area contributed by atoms with Gasteiger partial charge >= 0.3 is 0 Å². The molecule has 108 valence electrons. The maximum atomic E-state index is 10.8. The molecule has 2 fully saturated rings. The van der Waals surface area contributed by atoms with Crippen molar-refractivity contribution in [3.05, 3.63) is 38.9 Å². The Morgan fingerprint density at radius 1 is 1.35 bits per heavy atom. The number of non-ortho nitro benzene ring substituents is 1. The molecule has 1 N–H and O–H groups in total. The summed E-state index contributed by atoms with van der Waals surface area (Å²) in [7, 11) is 0. The van der Waals surface area contributed by atoms with E-state index in [1.165, 1.54) is 31.7 Å². The number of benzene rings is 1. The van der Waals surface area contributed by atoms with Crippen molar-refractivity contribution in [3.8, 4) is 0 Å². The summed E-state index contributed by atoms with van der Waals surface area (Å²) in [6.45, 7) is 1.61. The molecule has 0 aliphatic heterocycles. The van der Waals surface area contributed by atoms with Gasteiger partial charge in [-0.05, 0) is 55.2 Å². The number of nitrogens with one attached hydrogen (secondary N) is 1. The standard InChI is InChI=1S/C15H19ClN2O2/c16-15-4-3-14(18(19)20)7-13(15)9-17-8-12-6-10-1-2-11(12)5-10/h3-4,7,10-12,17H,1-2,5-6,8-9H2. The molecule has 0 heterocycles. The number of halogens is 1. The fourth-order valence-corrected chi connectivity index (χ4v) is 4.01. The third-order valence-corrected chi connectivity index (χ3v) is 5.22. The first-order valence-electron chi connectivity index (χ1n) is 7.27. The summed E-state index contributed by atoms with van der Waals surface area (Å²) >= 11 is 6.10. The summed E-state index contributed by atoms with van der Waals surface area (Å²) < 4.78 is 0. The molecule has 1 aromatic carbocycles. The molecular formula is C15H19ClN2O2. The van der Waals surface area contributed by atoms with Gasteiger partial charge in [0, 0.05) is 23.7 Å². The topological polar surface area (TPSA) is 55.2 Å². The van der Waals surface area contributed by atoms with Crippen LogP contribution in [0.4, 0.5) is 5.69 Å². The Balaban J connectivity index is 1.55. The molecule has 0 spiro atoms. The van der Waals surface area contributed by atoms with E-state index in [0.717, 1.165) is 29.9 Å². The first-order valence-corrected chi connectivity index (χ1v) is 7.65. The zero-order valence-corrected chi connectivity index (χ0v) is 12.1. The van der Waals surface area contributed by atoms with Gasteiger partial charge in [0.15, 0.2) is 0 Å². The third-order valence-electron chi connectivity index (χ3n) is 4.85. The zero-order chi connectivity index (χ0) is 14.1. The molecule has 2 bridgehead atoms. The van der Waals surface area contributed by atoms with Crippen LogP contribution in [0, 0.1) is 27.9 Å². The Morgan fingerprint density at radius 2 is 2.20 bits per heavy atom. The van der Waals surface area contributed by atoms with Crippen molar-refractivity contribution in [1.82, 2.24) is 5.32 Å². The molecule has 3 rings (SSSR count). The number of nitrogens with zero attached hydrogens (tertiary/aromatic N) is 1. The van der Waals surface area contributed by atoms with E-state index in [4.69, 9.17) is 11.6 Å². The molecule has 0 radical (unpaired) electrons. The summed E-state index contributed by atoms with van der Waals surface area (Å²) in [6.07, 6.45) is 5.55. The molecular weight excluding hydrogens is 276 g/mol. The van der Waals surface area contributed by atoms with Crippen LogP contribution in [0.5, 0.6) is 0 Å². The number of hydrogen-bond donors (Lipinski definition) is 1. The molecule has 0 aromatic heterocycles. The van der Waals surface area contributed by atoms with Crippen LogP contribution >= 0.6 is 11.6 Å². The number of fused-ring (bicyclic) bond motifs is 2. The molecule has 3 unspecified atom stereocenters. The molecule has 0 saturated heterocycles. The van der Waals surface area contributed by atoms with Crippen molar-refractivity contribution in [2.45, 2.75) is 32.2 Å². The lowest BCUT2D eigenvalue weighted by molar-refractivity contribution is -0.384. The highest BCUT2D eigenvalue weighted by atomic mass is 35.5. The lowest BCUT2D eigenvalue weighted by Gasteiger charge is -2.22. The quantitative estimate of drug-likeness (QED) is 0.664. The van der Waals surface area contributed by atoms with Gasteiger partial charge in [-0.1, -0.05) is 18.0 Å². The average molecular weight is 295 g/mol. The van der Waals surface area contributed by atoms with Crippen molar-refractivity contribution in [2.75, 3.05) is 6.54 Å². The van der Waals surface area contributed by atoms with Gasteiger partial charge in [-0.2, -0.15) is 0 Å². The van der Waals surface area contributed by atoms with Gasteiger partial charge in [0.05, 0.1) is 4.92 Å². The molecule has 1 aromatic rings. The van der Waals surface area contributed by atoms with E-state index in [0.29, 0.717) is 11.6 Å². The molecule has 4 nitrogen and oxygen atoms in total. The molecule has 2 saturated carbocycles. The summed E-state index contributed by atoms with van der Waals surface area (Å²) in [5.74, 6) is 2.63. The minimum atomic E-state index is -0.379. The summed E-state index contributed by atoms with van der Waals surface area (Å²) in [6, 6.07) is 4.62. The maximum absolute atomic E-state index is 10.8. The molecule has 20 heavy (non-hydrogen) atoms. The van der Waals surface area contributed by atoms with Gasteiger partial charge in [-0.25, -0.2) is 0 Å². The first-order chi connectivity index (χ1) is 9.63. The van der Waals surface area contributed by atoms with Crippen molar-refractivity contribution < 1.29 is 4.92 Å². The maximum Gasteiger partial charge on any atom is 0.269 e. The van der Waals surface area contributed by atoms with Crippen LogP contribution < -0.4 is 5.32 Å². The molecule has 3 atom stereocenters. The van der Waals surface area contributed by atoms with Crippen LogP contribution in [0.15, 0.2) is 18.2 Å². The van der Waals surface area contributed by atoms with Crippen LogP contribution in [0.1, 0.15) is 31.2 Å². The van der Waals surface area contributed by atoms with Crippen molar-refractivity contribution >= 4 is 17.3 Å². The summed E-state index contributed by atoms with van der Waals surface area (Å²) in [4.78, 5) is 10.4. The minimum absolute atomic E-state index is 0.103. The lowest BCUT2D eigenvalue weighted by atomic mass is 9.89. The first kappa shape index (κ1) is 13.8. The SMILES string of the molecule is O=[N+]([O-])c1ccc(Cl)c(CNCC2CC3CCC2C3)c1. The van der Waals surface area contributed by atoms with Gasteiger partial charge in [-0.3, -0.25) is 10.1 Å². The number of rotatable bonds is 5. The third kappa shape index (κ3) is 2.81. The number of hydrogen-bond acceptors (Lipinski definition) is 3. The molecule has 5 heteroatoms. The Bertz CT molecular complexity index is 521. The van der Waals surface area contributed by atoms with Gasteiger partial charge < -0.3 is 5.32 Å². The van der Waals surface area contributed by atoms with E-state index in [2.05, 4.69) is 5.32 Å². The molecule has 2 aliphatic carbocycles.